The number of carboxylic acid groups (broad SMARTS) is 1. The van der Waals surface area contributed by atoms with Crippen molar-refractivity contribution in [1.29, 1.82) is 5.41 Å². The SMILES string of the molecule is CC1=C2OC(C)(C)CC2C(C)C(S(=O)(=O)N(C(=O)OCc2cccc3c2Cc2ccccc2-3)C(CCCNC(=N)N)C(=O)O)=C1C.CCCCCCCCCCCCCCCCO. The zero-order valence-corrected chi connectivity index (χ0v) is 39.7. The summed E-state index contributed by atoms with van der Waals surface area (Å²) in [6.45, 7) is 11.7. The predicted molar refractivity (Wildman–Crippen MR) is 251 cm³/mol. The van der Waals surface area contributed by atoms with Crippen LogP contribution < -0.4 is 11.1 Å². The molecule has 2 aromatic carbocycles. The van der Waals surface area contributed by atoms with E-state index in [2.05, 4.69) is 12.2 Å². The van der Waals surface area contributed by atoms with Crippen LogP contribution >= 0.6 is 0 Å². The summed E-state index contributed by atoms with van der Waals surface area (Å²) in [6, 6.07) is 11.9. The van der Waals surface area contributed by atoms with Gasteiger partial charge in [-0.3, -0.25) is 5.41 Å². The Kier molecular flexibility index (Phi) is 20.0. The van der Waals surface area contributed by atoms with Crippen molar-refractivity contribution in [2.24, 2.45) is 17.6 Å². The van der Waals surface area contributed by atoms with Gasteiger partial charge in [0.1, 0.15) is 24.0 Å². The van der Waals surface area contributed by atoms with Crippen LogP contribution in [0.1, 0.15) is 167 Å². The number of hydrogen-bond acceptors (Lipinski definition) is 8. The normalized spacial score (nSPS) is 17.8. The van der Waals surface area contributed by atoms with Crippen molar-refractivity contribution in [3.8, 4) is 11.1 Å². The van der Waals surface area contributed by atoms with E-state index in [1.165, 1.54) is 83.5 Å². The lowest BCUT2D eigenvalue weighted by atomic mass is 9.79. The molecule has 1 fully saturated rings. The molecule has 1 aliphatic heterocycles. The molecule has 0 radical (unpaired) electrons. The van der Waals surface area contributed by atoms with E-state index in [-0.39, 0.29) is 42.8 Å². The molecule has 6 N–H and O–H groups in total. The van der Waals surface area contributed by atoms with E-state index in [0.29, 0.717) is 40.5 Å². The number of allylic oxidation sites excluding steroid dienone is 4. The van der Waals surface area contributed by atoms with Crippen molar-refractivity contribution in [3.63, 3.8) is 0 Å². The van der Waals surface area contributed by atoms with Crippen LogP contribution in [0.3, 0.4) is 0 Å². The third-order valence-electron chi connectivity index (χ3n) is 12.8. The first-order valence-electron chi connectivity index (χ1n) is 23.5. The molecule has 3 atom stereocenters. The van der Waals surface area contributed by atoms with Gasteiger partial charge in [-0.05, 0) is 98.8 Å². The second kappa shape index (κ2) is 24.6. The molecule has 0 saturated carbocycles. The quantitative estimate of drug-likeness (QED) is 0.0328. The summed E-state index contributed by atoms with van der Waals surface area (Å²) in [6.07, 6.45) is 19.1. The zero-order chi connectivity index (χ0) is 46.2. The number of carbonyl (C=O) groups is 2. The van der Waals surface area contributed by atoms with E-state index in [9.17, 15) is 23.1 Å². The molecule has 3 aliphatic rings. The standard InChI is InChI=1S/C34H42N4O7S.C16H34O/c1-19-20(2)30(21(3)27-17-34(4,5)45-29(19)27)46(42,43)38(28(31(39)40)14-9-15-37-32(35)36)33(41)44-18-23-11-8-13-25-24-12-7-6-10-22(24)16-26(23)25;1-2-3-4-5-6-7-8-9-10-11-12-13-14-15-16-17/h6-8,10-13,21,27-28H,9,14-18H2,1-5H3,(H,39,40)(H4,35,36,37);17H,2-16H2,1H3. The molecule has 13 heteroatoms. The topological polar surface area (TPSA) is 192 Å². The maximum Gasteiger partial charge on any atom is 0.424 e. The number of aliphatic hydroxyl groups is 1. The van der Waals surface area contributed by atoms with Gasteiger partial charge in [0, 0.05) is 25.0 Å². The summed E-state index contributed by atoms with van der Waals surface area (Å²) < 4.78 is 41.6. The van der Waals surface area contributed by atoms with Gasteiger partial charge in [-0.25, -0.2) is 18.0 Å². The summed E-state index contributed by atoms with van der Waals surface area (Å²) in [5.41, 5.74) is 10.9. The number of nitrogens with two attached hydrogens (primary N) is 1. The van der Waals surface area contributed by atoms with Crippen LogP contribution in [0.4, 0.5) is 4.79 Å². The van der Waals surface area contributed by atoms with Crippen molar-refractivity contribution in [1.82, 2.24) is 9.62 Å². The zero-order valence-electron chi connectivity index (χ0n) is 38.9. The highest BCUT2D eigenvalue weighted by Crippen LogP contribution is 2.51. The second-order valence-electron chi connectivity index (χ2n) is 18.2. The smallest absolute Gasteiger partial charge is 0.424 e. The van der Waals surface area contributed by atoms with Gasteiger partial charge in [-0.2, -0.15) is 4.31 Å². The molecule has 2 aliphatic carbocycles. The van der Waals surface area contributed by atoms with E-state index < -0.39 is 39.6 Å². The van der Waals surface area contributed by atoms with Gasteiger partial charge in [0.2, 0.25) is 0 Å². The lowest BCUT2D eigenvalue weighted by Crippen LogP contribution is -2.50. The Labute approximate surface area is 377 Å². The van der Waals surface area contributed by atoms with Gasteiger partial charge in [0.15, 0.2) is 5.96 Å². The second-order valence-corrected chi connectivity index (χ2v) is 20.0. The molecular weight excluding hydrogens is 817 g/mol. The predicted octanol–water partition coefficient (Wildman–Crippen LogP) is 10.7. The average molecular weight is 893 g/mol. The summed E-state index contributed by atoms with van der Waals surface area (Å²) in [4.78, 5) is 26.7. The summed E-state index contributed by atoms with van der Waals surface area (Å²) in [5.74, 6) is -1.89. The van der Waals surface area contributed by atoms with Gasteiger partial charge < -0.3 is 30.7 Å². The highest BCUT2D eigenvalue weighted by atomic mass is 32.2. The van der Waals surface area contributed by atoms with Crippen LogP contribution in [0.25, 0.3) is 11.1 Å². The number of amides is 1. The van der Waals surface area contributed by atoms with E-state index in [1.807, 2.05) is 56.3 Å². The van der Waals surface area contributed by atoms with Crippen LogP contribution in [-0.2, 0) is 37.3 Å². The van der Waals surface area contributed by atoms with Gasteiger partial charge in [0.25, 0.3) is 10.0 Å². The number of nitrogens with zero attached hydrogens (tertiary/aromatic N) is 1. The number of nitrogens with one attached hydrogen (secondary N) is 2. The Morgan fingerprint density at radius 1 is 0.905 bits per heavy atom. The number of unbranched alkanes of at least 4 members (excludes halogenated alkanes) is 13. The van der Waals surface area contributed by atoms with Crippen LogP contribution in [0.5, 0.6) is 0 Å². The number of fused-ring (bicyclic) bond motifs is 4. The fraction of sp³-hybridized carbons (Fsp3) is 0.620. The maximum absolute atomic E-state index is 14.6. The van der Waals surface area contributed by atoms with E-state index in [1.54, 1.807) is 20.8 Å². The fourth-order valence-corrected chi connectivity index (χ4v) is 11.5. The molecule has 2 aromatic rings. The average Bonchev–Trinajstić information content (AvgIpc) is 3.79. The van der Waals surface area contributed by atoms with Crippen molar-refractivity contribution >= 4 is 28.0 Å². The number of ether oxygens (including phenoxy) is 2. The first kappa shape index (κ1) is 51.3. The molecule has 3 unspecified atom stereocenters. The summed E-state index contributed by atoms with van der Waals surface area (Å²) in [5, 5.41) is 29.0. The number of carboxylic acids is 1. The van der Waals surface area contributed by atoms with Crippen LogP contribution in [0, 0.1) is 17.2 Å². The molecule has 350 valence electrons. The van der Waals surface area contributed by atoms with Crippen molar-refractivity contribution in [3.05, 3.63) is 81.0 Å². The molecule has 1 saturated heterocycles. The minimum atomic E-state index is -4.71. The first-order valence-corrected chi connectivity index (χ1v) is 24.9. The molecule has 0 bridgehead atoms. The van der Waals surface area contributed by atoms with Gasteiger partial charge >= 0.3 is 12.1 Å². The monoisotopic (exact) mass is 893 g/mol. The van der Waals surface area contributed by atoms with Crippen molar-refractivity contribution < 1.29 is 37.7 Å². The Morgan fingerprint density at radius 3 is 2.08 bits per heavy atom. The number of guanidine groups is 1. The number of hydrogen-bond donors (Lipinski definition) is 5. The number of rotatable bonds is 24. The molecule has 0 aromatic heterocycles. The van der Waals surface area contributed by atoms with E-state index in [0.717, 1.165) is 34.4 Å². The first-order chi connectivity index (χ1) is 30.0. The number of aliphatic hydroxyl groups excluding tert-OH is 1. The van der Waals surface area contributed by atoms with Gasteiger partial charge in [-0.1, -0.05) is 140 Å². The highest BCUT2D eigenvalue weighted by molar-refractivity contribution is 7.93. The Morgan fingerprint density at radius 2 is 1.49 bits per heavy atom. The molecular formula is C50H76N4O8S. The number of aliphatic carboxylic acids is 1. The third kappa shape index (κ3) is 14.1. The summed E-state index contributed by atoms with van der Waals surface area (Å²) >= 11 is 0. The lowest BCUT2D eigenvalue weighted by molar-refractivity contribution is -0.141. The van der Waals surface area contributed by atoms with Crippen LogP contribution in [-0.4, -0.2) is 65.8 Å². The van der Waals surface area contributed by atoms with Crippen LogP contribution in [0.2, 0.25) is 0 Å². The van der Waals surface area contributed by atoms with E-state index in [4.69, 9.17) is 25.7 Å². The third-order valence-corrected chi connectivity index (χ3v) is 15.0. The van der Waals surface area contributed by atoms with E-state index >= 15 is 0 Å². The fourth-order valence-electron chi connectivity index (χ4n) is 9.34. The minimum absolute atomic E-state index is 0.0128. The molecule has 1 amide bonds. The lowest BCUT2D eigenvalue weighted by Gasteiger charge is -2.35. The number of benzene rings is 2. The molecule has 5 rings (SSSR count). The van der Waals surface area contributed by atoms with Crippen molar-refractivity contribution in [2.45, 2.75) is 175 Å². The summed E-state index contributed by atoms with van der Waals surface area (Å²) in [7, 11) is -4.71. The Bertz CT molecular complexity index is 2010. The van der Waals surface area contributed by atoms with Crippen molar-refractivity contribution in [2.75, 3.05) is 13.2 Å². The number of carbonyl (C=O) groups excluding carboxylic acids is 1. The minimum Gasteiger partial charge on any atom is -0.492 e. The maximum atomic E-state index is 14.6. The molecule has 63 heavy (non-hydrogen) atoms. The highest BCUT2D eigenvalue weighted by Gasteiger charge is 2.51. The van der Waals surface area contributed by atoms with Crippen LogP contribution in [0.15, 0.2) is 64.3 Å². The molecule has 1 heterocycles. The largest absolute Gasteiger partial charge is 0.492 e. The Hall–Kier alpha value is -4.36. The van der Waals surface area contributed by atoms with Gasteiger partial charge in [0.05, 0.1) is 4.91 Å². The number of sulfonamides is 1. The van der Waals surface area contributed by atoms with Gasteiger partial charge in [-0.15, -0.1) is 0 Å². The molecule has 12 nitrogen and oxygen atoms in total. The Balaban J connectivity index is 0.000000434. The molecule has 0 spiro atoms.